The SMILES string of the molecule is O=S(=O)(Nc1cc(F)ccc1F)c1ccc(S(=O)(=O)N2CCCC2)cc1. The summed E-state index contributed by atoms with van der Waals surface area (Å²) in [4.78, 5) is -0.281. The molecule has 2 aromatic carbocycles. The lowest BCUT2D eigenvalue weighted by Gasteiger charge is -2.15. The van der Waals surface area contributed by atoms with E-state index in [1.165, 1.54) is 16.4 Å². The monoisotopic (exact) mass is 402 g/mol. The van der Waals surface area contributed by atoms with Crippen LogP contribution in [0.2, 0.25) is 0 Å². The summed E-state index contributed by atoms with van der Waals surface area (Å²) in [6.07, 6.45) is 1.57. The van der Waals surface area contributed by atoms with E-state index in [0.717, 1.165) is 43.2 Å². The van der Waals surface area contributed by atoms with Crippen LogP contribution in [0.1, 0.15) is 12.8 Å². The maximum atomic E-state index is 13.6. The van der Waals surface area contributed by atoms with Gasteiger partial charge in [0.05, 0.1) is 15.5 Å². The van der Waals surface area contributed by atoms with Gasteiger partial charge >= 0.3 is 0 Å². The first-order chi connectivity index (χ1) is 12.2. The maximum absolute atomic E-state index is 13.6. The average molecular weight is 402 g/mol. The second-order valence-corrected chi connectivity index (χ2v) is 9.43. The van der Waals surface area contributed by atoms with E-state index in [4.69, 9.17) is 0 Å². The van der Waals surface area contributed by atoms with Crippen LogP contribution >= 0.6 is 0 Å². The van der Waals surface area contributed by atoms with Crippen molar-refractivity contribution in [1.29, 1.82) is 0 Å². The van der Waals surface area contributed by atoms with E-state index in [1.807, 2.05) is 4.72 Å². The topological polar surface area (TPSA) is 83.5 Å². The quantitative estimate of drug-likeness (QED) is 0.833. The molecule has 0 unspecified atom stereocenters. The third kappa shape index (κ3) is 3.71. The lowest BCUT2D eigenvalue weighted by atomic mass is 10.3. The molecule has 1 N–H and O–H groups in total. The Morgan fingerprint density at radius 3 is 2.04 bits per heavy atom. The van der Waals surface area contributed by atoms with Gasteiger partial charge in [0.1, 0.15) is 11.6 Å². The van der Waals surface area contributed by atoms with Crippen LogP contribution in [0.15, 0.2) is 52.3 Å². The van der Waals surface area contributed by atoms with Gasteiger partial charge in [-0.1, -0.05) is 0 Å². The van der Waals surface area contributed by atoms with E-state index < -0.39 is 37.4 Å². The predicted octanol–water partition coefficient (Wildman–Crippen LogP) is 2.55. The minimum atomic E-state index is -4.20. The minimum Gasteiger partial charge on any atom is -0.277 e. The Balaban J connectivity index is 1.86. The Morgan fingerprint density at radius 1 is 0.846 bits per heavy atom. The van der Waals surface area contributed by atoms with Crippen LogP contribution in [0.4, 0.5) is 14.5 Å². The van der Waals surface area contributed by atoms with Crippen LogP contribution in [-0.2, 0) is 20.0 Å². The number of sulfonamides is 2. The van der Waals surface area contributed by atoms with E-state index in [9.17, 15) is 25.6 Å². The summed E-state index contributed by atoms with van der Waals surface area (Å²) in [6, 6.07) is 6.99. The molecule has 1 aliphatic rings. The fourth-order valence-corrected chi connectivity index (χ4v) is 5.22. The molecule has 1 fully saturated rings. The van der Waals surface area contributed by atoms with E-state index >= 15 is 0 Å². The summed E-state index contributed by atoms with van der Waals surface area (Å²) in [5.41, 5.74) is -0.529. The van der Waals surface area contributed by atoms with Crippen LogP contribution in [0.5, 0.6) is 0 Å². The molecular formula is C16H16F2N2O4S2. The molecule has 2 aromatic rings. The van der Waals surface area contributed by atoms with E-state index in [1.54, 1.807) is 0 Å². The van der Waals surface area contributed by atoms with Gasteiger partial charge in [0.25, 0.3) is 10.0 Å². The molecule has 0 radical (unpaired) electrons. The molecule has 1 heterocycles. The van der Waals surface area contributed by atoms with Crippen molar-refractivity contribution >= 4 is 25.7 Å². The molecule has 0 aromatic heterocycles. The summed E-state index contributed by atoms with van der Waals surface area (Å²) in [7, 11) is -7.86. The Morgan fingerprint density at radius 2 is 1.42 bits per heavy atom. The van der Waals surface area contributed by atoms with Crippen LogP contribution in [0.25, 0.3) is 0 Å². The number of nitrogens with zero attached hydrogens (tertiary/aromatic N) is 1. The van der Waals surface area contributed by atoms with Gasteiger partial charge in [-0.2, -0.15) is 4.31 Å². The number of nitrogens with one attached hydrogen (secondary N) is 1. The summed E-state index contributed by atoms with van der Waals surface area (Å²) in [5.74, 6) is -1.72. The van der Waals surface area contributed by atoms with Crippen molar-refractivity contribution in [3.05, 3.63) is 54.1 Å². The van der Waals surface area contributed by atoms with Gasteiger partial charge in [0, 0.05) is 19.2 Å². The number of hydrogen-bond donors (Lipinski definition) is 1. The molecule has 0 amide bonds. The number of rotatable bonds is 5. The number of benzene rings is 2. The predicted molar refractivity (Wildman–Crippen MR) is 91.6 cm³/mol. The van der Waals surface area contributed by atoms with Crippen LogP contribution < -0.4 is 4.72 Å². The van der Waals surface area contributed by atoms with Crippen molar-refractivity contribution in [3.8, 4) is 0 Å². The standard InChI is InChI=1S/C16H16F2N2O4S2/c17-12-3-8-15(18)16(11-12)19-25(21,22)13-4-6-14(7-5-13)26(23,24)20-9-1-2-10-20/h3-8,11,19H,1-2,9-10H2. The molecule has 1 aliphatic heterocycles. The third-order valence-corrected chi connectivity index (χ3v) is 7.30. The summed E-state index contributed by atoms with van der Waals surface area (Å²) in [5, 5.41) is 0. The van der Waals surface area contributed by atoms with Crippen molar-refractivity contribution in [1.82, 2.24) is 4.31 Å². The Hall–Kier alpha value is -2.04. The van der Waals surface area contributed by atoms with Crippen molar-refractivity contribution < 1.29 is 25.6 Å². The minimum absolute atomic E-state index is 0.0183. The van der Waals surface area contributed by atoms with Crippen molar-refractivity contribution in [2.75, 3.05) is 17.8 Å². The highest BCUT2D eigenvalue weighted by atomic mass is 32.2. The van der Waals surface area contributed by atoms with Crippen molar-refractivity contribution in [2.45, 2.75) is 22.6 Å². The zero-order valence-electron chi connectivity index (χ0n) is 13.5. The van der Waals surface area contributed by atoms with Gasteiger partial charge < -0.3 is 0 Å². The highest BCUT2D eigenvalue weighted by Crippen LogP contribution is 2.24. The smallest absolute Gasteiger partial charge is 0.261 e. The lowest BCUT2D eigenvalue weighted by molar-refractivity contribution is 0.477. The first kappa shape index (κ1) is 18.7. The van der Waals surface area contributed by atoms with Crippen LogP contribution in [-0.4, -0.2) is 34.2 Å². The lowest BCUT2D eigenvalue weighted by Crippen LogP contribution is -2.27. The summed E-state index contributed by atoms with van der Waals surface area (Å²) in [6.45, 7) is 0.867. The Bertz CT molecular complexity index is 1020. The molecule has 10 heteroatoms. The first-order valence-corrected chi connectivity index (χ1v) is 10.7. The molecular weight excluding hydrogens is 386 g/mol. The third-order valence-electron chi connectivity index (χ3n) is 4.01. The van der Waals surface area contributed by atoms with Gasteiger partial charge in [-0.25, -0.2) is 25.6 Å². The van der Waals surface area contributed by atoms with Crippen LogP contribution in [0, 0.1) is 11.6 Å². The van der Waals surface area contributed by atoms with Crippen molar-refractivity contribution in [2.24, 2.45) is 0 Å². The van der Waals surface area contributed by atoms with Gasteiger partial charge in [-0.3, -0.25) is 4.72 Å². The highest BCUT2D eigenvalue weighted by molar-refractivity contribution is 7.92. The Labute approximate surface area is 150 Å². The second-order valence-electron chi connectivity index (χ2n) is 5.81. The van der Waals surface area contributed by atoms with Gasteiger partial charge in [-0.05, 0) is 49.2 Å². The molecule has 6 nitrogen and oxygen atoms in total. The normalized spacial score (nSPS) is 15.9. The fraction of sp³-hybridized carbons (Fsp3) is 0.250. The second kappa shape index (κ2) is 6.93. The molecule has 0 spiro atoms. The molecule has 0 saturated carbocycles. The number of halogens is 2. The van der Waals surface area contributed by atoms with Gasteiger partial charge in [-0.15, -0.1) is 0 Å². The molecule has 0 atom stereocenters. The molecule has 1 saturated heterocycles. The highest BCUT2D eigenvalue weighted by Gasteiger charge is 2.27. The fourth-order valence-electron chi connectivity index (χ4n) is 2.65. The number of hydrogen-bond acceptors (Lipinski definition) is 4. The van der Waals surface area contributed by atoms with E-state index in [0.29, 0.717) is 13.1 Å². The van der Waals surface area contributed by atoms with Gasteiger partial charge in [0.2, 0.25) is 10.0 Å². The first-order valence-electron chi connectivity index (χ1n) is 7.78. The largest absolute Gasteiger partial charge is 0.277 e. The molecule has 0 bridgehead atoms. The van der Waals surface area contributed by atoms with E-state index in [-0.39, 0.29) is 9.79 Å². The van der Waals surface area contributed by atoms with Gasteiger partial charge in [0.15, 0.2) is 0 Å². The molecule has 0 aliphatic carbocycles. The molecule has 26 heavy (non-hydrogen) atoms. The zero-order valence-corrected chi connectivity index (χ0v) is 15.2. The summed E-state index contributed by atoms with van der Waals surface area (Å²) >= 11 is 0. The maximum Gasteiger partial charge on any atom is 0.261 e. The molecule has 3 rings (SSSR count). The average Bonchev–Trinajstić information content (AvgIpc) is 3.13. The van der Waals surface area contributed by atoms with Crippen molar-refractivity contribution in [3.63, 3.8) is 0 Å². The zero-order chi connectivity index (χ0) is 18.9. The summed E-state index contributed by atoms with van der Waals surface area (Å²) < 4.78 is 79.6. The molecule has 140 valence electrons. The van der Waals surface area contributed by atoms with E-state index in [2.05, 4.69) is 0 Å². The number of anilines is 1. The van der Waals surface area contributed by atoms with Crippen LogP contribution in [0.3, 0.4) is 0 Å². The Kier molecular flexibility index (Phi) is 5.00.